The Kier molecular flexibility index (Phi) is 54.5. The number of nitrogens with one attached hydrogen (secondary N) is 1. The molecule has 66 heavy (non-hydrogen) atoms. The molecule has 0 aliphatic heterocycles. The van der Waals surface area contributed by atoms with Crippen molar-refractivity contribution in [2.45, 2.75) is 334 Å². The molecule has 1 amide bonds. The highest BCUT2D eigenvalue weighted by molar-refractivity contribution is 5.76. The largest absolute Gasteiger partial charge is 0.466 e. The quantitative estimate of drug-likeness (QED) is 0.0321. The maximum absolute atomic E-state index is 12.5. The number of carbonyl (C=O) groups is 2. The molecule has 2 atom stereocenters. The normalized spacial score (nSPS) is 12.7. The van der Waals surface area contributed by atoms with Gasteiger partial charge >= 0.3 is 5.97 Å². The summed E-state index contributed by atoms with van der Waals surface area (Å²) in [6, 6.07) is -0.560. The molecule has 0 aromatic carbocycles. The maximum Gasteiger partial charge on any atom is 0.305 e. The van der Waals surface area contributed by atoms with Crippen LogP contribution in [-0.4, -0.2) is 47.4 Å². The third-order valence-corrected chi connectivity index (χ3v) is 13.8. The predicted molar refractivity (Wildman–Crippen MR) is 287 cm³/mol. The van der Waals surface area contributed by atoms with Crippen LogP contribution in [0.5, 0.6) is 0 Å². The lowest BCUT2D eigenvalue weighted by Crippen LogP contribution is -2.45. The summed E-state index contributed by atoms with van der Waals surface area (Å²) in [6.07, 6.45) is 67.4. The van der Waals surface area contributed by atoms with Crippen LogP contribution in [-0.2, 0) is 14.3 Å². The molecular formula is C60H115NO5. The number of ether oxygens (including phenoxy) is 1. The fraction of sp³-hybridized carbons (Fsp3) is 0.900. The molecule has 6 nitrogen and oxygen atoms in total. The first-order valence-corrected chi connectivity index (χ1v) is 29.6. The number of allylic oxidation sites excluding steroid dienone is 4. The number of amides is 1. The molecule has 0 spiro atoms. The highest BCUT2D eigenvalue weighted by Crippen LogP contribution is 2.17. The predicted octanol–water partition coefficient (Wildman–Crippen LogP) is 18.2. The first-order chi connectivity index (χ1) is 32.5. The maximum atomic E-state index is 12.5. The Morgan fingerprint density at radius 3 is 1.18 bits per heavy atom. The molecule has 0 radical (unpaired) electrons. The summed E-state index contributed by atoms with van der Waals surface area (Å²) in [4.78, 5) is 24.6. The van der Waals surface area contributed by atoms with Crippen LogP contribution >= 0.6 is 0 Å². The Morgan fingerprint density at radius 1 is 0.424 bits per heavy atom. The monoisotopic (exact) mass is 930 g/mol. The Labute approximate surface area is 411 Å². The zero-order chi connectivity index (χ0) is 47.9. The summed E-state index contributed by atoms with van der Waals surface area (Å²) in [7, 11) is 0. The van der Waals surface area contributed by atoms with E-state index in [9.17, 15) is 19.8 Å². The molecule has 0 heterocycles. The number of aliphatic hydroxyl groups excluding tert-OH is 2. The number of hydrogen-bond acceptors (Lipinski definition) is 5. The molecule has 0 fully saturated rings. The summed E-state index contributed by atoms with van der Waals surface area (Å²) in [5, 5.41) is 23.3. The van der Waals surface area contributed by atoms with Crippen molar-refractivity contribution in [3.63, 3.8) is 0 Å². The van der Waals surface area contributed by atoms with Crippen LogP contribution in [0.1, 0.15) is 322 Å². The average molecular weight is 931 g/mol. The van der Waals surface area contributed by atoms with E-state index in [0.717, 1.165) is 64.2 Å². The van der Waals surface area contributed by atoms with Crippen LogP contribution in [0.15, 0.2) is 24.3 Å². The fourth-order valence-corrected chi connectivity index (χ4v) is 9.20. The highest BCUT2D eigenvalue weighted by Gasteiger charge is 2.20. The zero-order valence-corrected chi connectivity index (χ0v) is 44.4. The molecular weight excluding hydrogens is 815 g/mol. The second-order valence-corrected chi connectivity index (χ2v) is 20.3. The van der Waals surface area contributed by atoms with Crippen LogP contribution in [0.25, 0.3) is 0 Å². The zero-order valence-electron chi connectivity index (χ0n) is 44.4. The fourth-order valence-electron chi connectivity index (χ4n) is 9.20. The SMILES string of the molecule is CCCCC/C=C\C/C=C\CCCCCCCCCC(=O)OCCCCCCCCCCCCC(=O)NC(CO)C(O)CCCCCCCCCCCCCCCCCCCCCCCC. The van der Waals surface area contributed by atoms with Gasteiger partial charge < -0.3 is 20.3 Å². The van der Waals surface area contributed by atoms with E-state index in [2.05, 4.69) is 43.5 Å². The van der Waals surface area contributed by atoms with Crippen molar-refractivity contribution in [2.24, 2.45) is 0 Å². The summed E-state index contributed by atoms with van der Waals surface area (Å²) in [5.74, 6) is -0.0808. The molecule has 0 rings (SSSR count). The summed E-state index contributed by atoms with van der Waals surface area (Å²) in [6.45, 7) is 4.89. The van der Waals surface area contributed by atoms with Crippen molar-refractivity contribution < 1.29 is 24.5 Å². The lowest BCUT2D eigenvalue weighted by molar-refractivity contribution is -0.143. The van der Waals surface area contributed by atoms with Crippen molar-refractivity contribution in [2.75, 3.05) is 13.2 Å². The average Bonchev–Trinajstić information content (AvgIpc) is 3.32. The summed E-state index contributed by atoms with van der Waals surface area (Å²) >= 11 is 0. The van der Waals surface area contributed by atoms with Crippen LogP contribution < -0.4 is 5.32 Å². The molecule has 0 bridgehead atoms. The molecule has 0 aromatic rings. The van der Waals surface area contributed by atoms with Crippen molar-refractivity contribution >= 4 is 11.9 Å². The van der Waals surface area contributed by atoms with Gasteiger partial charge in [0.2, 0.25) is 5.91 Å². The number of esters is 1. The Hall–Kier alpha value is -1.66. The third-order valence-electron chi connectivity index (χ3n) is 13.8. The van der Waals surface area contributed by atoms with E-state index in [4.69, 9.17) is 4.74 Å². The third kappa shape index (κ3) is 51.7. The minimum absolute atomic E-state index is 0.0255. The van der Waals surface area contributed by atoms with E-state index in [1.54, 1.807) is 0 Å². The minimum atomic E-state index is -0.681. The lowest BCUT2D eigenvalue weighted by Gasteiger charge is -2.22. The van der Waals surface area contributed by atoms with Gasteiger partial charge in [-0.3, -0.25) is 9.59 Å². The van der Waals surface area contributed by atoms with Crippen molar-refractivity contribution in [3.8, 4) is 0 Å². The molecule has 3 N–H and O–H groups in total. The van der Waals surface area contributed by atoms with Gasteiger partial charge in [0.1, 0.15) is 0 Å². The Balaban J connectivity index is 3.46. The van der Waals surface area contributed by atoms with Gasteiger partial charge in [-0.2, -0.15) is 0 Å². The highest BCUT2D eigenvalue weighted by atomic mass is 16.5. The van der Waals surface area contributed by atoms with Crippen molar-refractivity contribution in [3.05, 3.63) is 24.3 Å². The lowest BCUT2D eigenvalue weighted by atomic mass is 10.0. The van der Waals surface area contributed by atoms with Gasteiger partial charge in [-0.25, -0.2) is 0 Å². The van der Waals surface area contributed by atoms with Crippen LogP contribution in [0.3, 0.4) is 0 Å². The van der Waals surface area contributed by atoms with Crippen LogP contribution in [0.2, 0.25) is 0 Å². The molecule has 6 heteroatoms. The smallest absolute Gasteiger partial charge is 0.305 e. The molecule has 0 aliphatic rings. The summed E-state index contributed by atoms with van der Waals surface area (Å²) in [5.41, 5.74) is 0. The Bertz CT molecular complexity index is 1030. The van der Waals surface area contributed by atoms with Crippen molar-refractivity contribution in [1.82, 2.24) is 5.32 Å². The first-order valence-electron chi connectivity index (χ1n) is 29.6. The molecule has 0 aromatic heterocycles. The number of hydrogen-bond donors (Lipinski definition) is 3. The molecule has 0 aliphatic carbocycles. The van der Waals surface area contributed by atoms with Gasteiger partial charge in [-0.15, -0.1) is 0 Å². The molecule has 0 saturated carbocycles. The van der Waals surface area contributed by atoms with Crippen molar-refractivity contribution in [1.29, 1.82) is 0 Å². The van der Waals surface area contributed by atoms with E-state index in [0.29, 0.717) is 25.9 Å². The topological polar surface area (TPSA) is 95.9 Å². The van der Waals surface area contributed by atoms with E-state index >= 15 is 0 Å². The van der Waals surface area contributed by atoms with Gasteiger partial charge in [-0.1, -0.05) is 276 Å². The number of aliphatic hydroxyl groups is 2. The Morgan fingerprint density at radius 2 is 0.758 bits per heavy atom. The van der Waals surface area contributed by atoms with Crippen LogP contribution in [0.4, 0.5) is 0 Å². The second-order valence-electron chi connectivity index (χ2n) is 20.3. The number of unbranched alkanes of at least 4 members (excludes halogenated alkanes) is 40. The first kappa shape index (κ1) is 64.3. The molecule has 0 saturated heterocycles. The van der Waals surface area contributed by atoms with Gasteiger partial charge in [0.25, 0.3) is 0 Å². The summed E-state index contributed by atoms with van der Waals surface area (Å²) < 4.78 is 5.47. The molecule has 390 valence electrons. The van der Waals surface area contributed by atoms with E-state index in [1.807, 2.05) is 0 Å². The standard InChI is InChI=1S/C60H115NO5/c1-3-5-7-9-11-13-15-17-19-21-22-23-24-25-27-28-30-32-36-40-44-48-52-58(63)57(56-62)61-59(64)53-49-45-41-37-34-35-39-43-47-51-55-66-60(65)54-50-46-42-38-33-31-29-26-20-18-16-14-12-10-8-6-4-2/h12,14,18,20,57-58,62-63H,3-11,13,15-17,19,21-56H2,1-2H3,(H,61,64)/b14-12-,20-18-. The molecule has 2 unspecified atom stereocenters. The second kappa shape index (κ2) is 55.9. The van der Waals surface area contributed by atoms with Gasteiger partial charge in [-0.05, 0) is 57.8 Å². The van der Waals surface area contributed by atoms with Crippen LogP contribution in [0, 0.1) is 0 Å². The van der Waals surface area contributed by atoms with E-state index < -0.39 is 12.1 Å². The minimum Gasteiger partial charge on any atom is -0.466 e. The van der Waals surface area contributed by atoms with Gasteiger partial charge in [0, 0.05) is 12.8 Å². The van der Waals surface area contributed by atoms with E-state index in [1.165, 1.54) is 225 Å². The van der Waals surface area contributed by atoms with Gasteiger partial charge in [0.05, 0.1) is 25.4 Å². The van der Waals surface area contributed by atoms with E-state index in [-0.39, 0.29) is 18.5 Å². The van der Waals surface area contributed by atoms with Gasteiger partial charge in [0.15, 0.2) is 0 Å². The number of carbonyl (C=O) groups excluding carboxylic acids is 2. The number of rotatable bonds is 55.